The highest BCUT2D eigenvalue weighted by molar-refractivity contribution is 5.34. The minimum Gasteiger partial charge on any atom is -0.0766 e. The first kappa shape index (κ1) is 18.5. The van der Waals surface area contributed by atoms with E-state index in [0.29, 0.717) is 0 Å². The molecule has 121 valence electrons. The fourth-order valence-electron chi connectivity index (χ4n) is 3.21. The largest absolute Gasteiger partial charge is 0.0766 e. The molecule has 0 saturated carbocycles. The predicted molar refractivity (Wildman–Crippen MR) is 95.4 cm³/mol. The number of hydrogen-bond acceptors (Lipinski definition) is 0. The molecule has 0 aromatic carbocycles. The highest BCUT2D eigenvalue weighted by Gasteiger charge is 2.09. The third kappa shape index (κ3) is 9.17. The maximum Gasteiger partial charge on any atom is -0.00857 e. The summed E-state index contributed by atoms with van der Waals surface area (Å²) in [6.07, 6.45) is 26.5. The Balaban J connectivity index is 2.03. The molecule has 1 aliphatic rings. The molecule has 0 aliphatic heterocycles. The molecular formula is C21H37. The average molecular weight is 290 g/mol. The molecule has 1 aliphatic carbocycles. The van der Waals surface area contributed by atoms with E-state index < -0.39 is 0 Å². The number of rotatable bonds is 14. The third-order valence-electron chi connectivity index (χ3n) is 4.63. The lowest BCUT2D eigenvalue weighted by molar-refractivity contribution is 0.598. The molecule has 0 bridgehead atoms. The van der Waals surface area contributed by atoms with Gasteiger partial charge in [-0.2, -0.15) is 0 Å². The molecule has 21 heavy (non-hydrogen) atoms. The van der Waals surface area contributed by atoms with Crippen LogP contribution in [0.15, 0.2) is 17.2 Å². The minimum atomic E-state index is 1.08. The Morgan fingerprint density at radius 3 is 1.86 bits per heavy atom. The molecule has 1 rings (SSSR count). The fourth-order valence-corrected chi connectivity index (χ4v) is 3.21. The van der Waals surface area contributed by atoms with E-state index in [-0.39, 0.29) is 0 Å². The third-order valence-corrected chi connectivity index (χ3v) is 4.63. The van der Waals surface area contributed by atoms with E-state index in [1.54, 1.807) is 11.1 Å². The van der Waals surface area contributed by atoms with Crippen LogP contribution in [0.2, 0.25) is 0 Å². The van der Waals surface area contributed by atoms with Crippen molar-refractivity contribution in [2.24, 2.45) is 0 Å². The van der Waals surface area contributed by atoms with Crippen molar-refractivity contribution in [2.75, 3.05) is 0 Å². The van der Waals surface area contributed by atoms with Crippen LogP contribution in [0.25, 0.3) is 0 Å². The number of unbranched alkanes of at least 4 members (excludes halogenated alkanes) is 10. The zero-order valence-electron chi connectivity index (χ0n) is 14.7. The fraction of sp³-hybridized carbons (Fsp3) is 0.810. The van der Waals surface area contributed by atoms with Gasteiger partial charge in [0.1, 0.15) is 0 Å². The lowest BCUT2D eigenvalue weighted by atomic mass is 9.97. The van der Waals surface area contributed by atoms with Gasteiger partial charge in [0.2, 0.25) is 0 Å². The first-order valence-corrected chi connectivity index (χ1v) is 9.67. The average Bonchev–Trinajstić information content (AvgIpc) is 2.94. The Morgan fingerprint density at radius 2 is 1.24 bits per heavy atom. The molecule has 0 heteroatoms. The maximum atomic E-state index is 3.59. The van der Waals surface area contributed by atoms with Crippen molar-refractivity contribution < 1.29 is 0 Å². The van der Waals surface area contributed by atoms with Crippen molar-refractivity contribution in [3.05, 3.63) is 23.3 Å². The van der Waals surface area contributed by atoms with Crippen LogP contribution in [-0.2, 0) is 0 Å². The van der Waals surface area contributed by atoms with Gasteiger partial charge in [-0.3, -0.25) is 0 Å². The molecule has 0 saturated heterocycles. The molecule has 0 aromatic heterocycles. The molecule has 0 amide bonds. The Morgan fingerprint density at radius 1 is 0.714 bits per heavy atom. The van der Waals surface area contributed by atoms with Crippen LogP contribution in [0, 0.1) is 6.08 Å². The molecule has 0 aromatic rings. The first-order valence-electron chi connectivity index (χ1n) is 9.67. The summed E-state index contributed by atoms with van der Waals surface area (Å²) < 4.78 is 0. The zero-order chi connectivity index (χ0) is 15.2. The standard InChI is InChI=1S/C21H37/c1-3-5-7-9-11-13-16-20-18-15-19-21(20)17-14-12-10-8-6-4-2/h18H,3-17H2,1-2H3. The molecule has 0 unspecified atom stereocenters. The molecular weight excluding hydrogens is 252 g/mol. The highest BCUT2D eigenvalue weighted by Crippen LogP contribution is 2.28. The van der Waals surface area contributed by atoms with Gasteiger partial charge in [-0.1, -0.05) is 84.1 Å². The topological polar surface area (TPSA) is 0 Å². The minimum absolute atomic E-state index is 1.08. The smallest absolute Gasteiger partial charge is 0.00857 e. The van der Waals surface area contributed by atoms with Crippen LogP contribution in [0.5, 0.6) is 0 Å². The summed E-state index contributed by atoms with van der Waals surface area (Å²) in [7, 11) is 0. The van der Waals surface area contributed by atoms with Crippen LogP contribution in [0.3, 0.4) is 0 Å². The molecule has 0 nitrogen and oxygen atoms in total. The Labute approximate surface area is 134 Å². The van der Waals surface area contributed by atoms with Crippen LogP contribution in [-0.4, -0.2) is 0 Å². The summed E-state index contributed by atoms with van der Waals surface area (Å²) in [6.45, 7) is 4.58. The summed E-state index contributed by atoms with van der Waals surface area (Å²) in [6, 6.07) is 0. The number of allylic oxidation sites excluding steroid dienone is 4. The van der Waals surface area contributed by atoms with Gasteiger partial charge in [-0.25, -0.2) is 0 Å². The predicted octanol–water partition coefficient (Wildman–Crippen LogP) is 7.55. The van der Waals surface area contributed by atoms with E-state index in [1.807, 2.05) is 0 Å². The molecule has 1 radical (unpaired) electrons. The van der Waals surface area contributed by atoms with Crippen LogP contribution < -0.4 is 0 Å². The summed E-state index contributed by atoms with van der Waals surface area (Å²) >= 11 is 0. The second kappa shape index (κ2) is 13.2. The van der Waals surface area contributed by atoms with Crippen LogP contribution in [0.1, 0.15) is 110 Å². The molecule has 0 heterocycles. The lowest BCUT2D eigenvalue weighted by Crippen LogP contribution is -1.90. The van der Waals surface area contributed by atoms with Crippen molar-refractivity contribution >= 4 is 0 Å². The zero-order valence-corrected chi connectivity index (χ0v) is 14.7. The molecule has 0 atom stereocenters. The van der Waals surface area contributed by atoms with Gasteiger partial charge in [0.15, 0.2) is 0 Å². The van der Waals surface area contributed by atoms with Crippen molar-refractivity contribution in [1.29, 1.82) is 0 Å². The second-order valence-electron chi connectivity index (χ2n) is 6.62. The Kier molecular flexibility index (Phi) is 11.6. The van der Waals surface area contributed by atoms with Gasteiger partial charge < -0.3 is 0 Å². The monoisotopic (exact) mass is 289 g/mol. The van der Waals surface area contributed by atoms with Gasteiger partial charge >= 0.3 is 0 Å². The van der Waals surface area contributed by atoms with Gasteiger partial charge in [-0.15, -0.1) is 0 Å². The van der Waals surface area contributed by atoms with E-state index in [4.69, 9.17) is 0 Å². The molecule has 0 N–H and O–H groups in total. The van der Waals surface area contributed by atoms with Crippen LogP contribution in [0.4, 0.5) is 0 Å². The Hall–Kier alpha value is -0.520. The summed E-state index contributed by atoms with van der Waals surface area (Å²) in [5.74, 6) is 0. The van der Waals surface area contributed by atoms with Gasteiger partial charge in [0.25, 0.3) is 0 Å². The van der Waals surface area contributed by atoms with Gasteiger partial charge in [0.05, 0.1) is 0 Å². The van der Waals surface area contributed by atoms with E-state index in [1.165, 1.54) is 89.9 Å². The highest BCUT2D eigenvalue weighted by atomic mass is 14.1. The molecule has 0 fully saturated rings. The Bertz CT molecular complexity index is 265. The first-order chi connectivity index (χ1) is 10.4. The number of hydrogen-bond donors (Lipinski definition) is 0. The van der Waals surface area contributed by atoms with Crippen molar-refractivity contribution in [3.8, 4) is 0 Å². The normalized spacial score (nSPS) is 14.4. The van der Waals surface area contributed by atoms with Crippen LogP contribution >= 0.6 is 0 Å². The summed E-state index contributed by atoms with van der Waals surface area (Å²) in [5, 5.41) is 0. The lowest BCUT2D eigenvalue weighted by Gasteiger charge is -2.09. The summed E-state index contributed by atoms with van der Waals surface area (Å²) in [5.41, 5.74) is 3.21. The molecule has 0 spiro atoms. The SMILES string of the molecule is CCCCCCCCC1=[C]CC=C1CCCCCCCC. The summed E-state index contributed by atoms with van der Waals surface area (Å²) in [4.78, 5) is 0. The van der Waals surface area contributed by atoms with E-state index >= 15 is 0 Å². The second-order valence-corrected chi connectivity index (χ2v) is 6.62. The maximum absolute atomic E-state index is 3.59. The van der Waals surface area contributed by atoms with Crippen molar-refractivity contribution in [3.63, 3.8) is 0 Å². The van der Waals surface area contributed by atoms with Gasteiger partial charge in [-0.05, 0) is 49.3 Å². The quantitative estimate of drug-likeness (QED) is 0.290. The van der Waals surface area contributed by atoms with E-state index in [0.717, 1.165) is 6.42 Å². The van der Waals surface area contributed by atoms with Gasteiger partial charge in [0, 0.05) is 0 Å². The van der Waals surface area contributed by atoms with E-state index in [9.17, 15) is 0 Å². The van der Waals surface area contributed by atoms with Crippen molar-refractivity contribution in [1.82, 2.24) is 0 Å². The van der Waals surface area contributed by atoms with E-state index in [2.05, 4.69) is 26.0 Å². The van der Waals surface area contributed by atoms with Crippen molar-refractivity contribution in [2.45, 2.75) is 110 Å².